The summed E-state index contributed by atoms with van der Waals surface area (Å²) in [4.78, 5) is 10.6. The zero-order valence-electron chi connectivity index (χ0n) is 28.8. The number of benzene rings is 7. The van der Waals surface area contributed by atoms with Crippen LogP contribution in [0.15, 0.2) is 146 Å². The molecule has 0 spiro atoms. The number of aromatic nitrogens is 2. The lowest BCUT2D eigenvalue weighted by Gasteiger charge is -2.22. The molecule has 2 heteroatoms. The minimum absolute atomic E-state index is 0.0891. The monoisotopic (exact) mass is 640 g/mol. The maximum atomic E-state index is 5.31. The number of fused-ring (bicyclic) bond motifs is 8. The Morgan fingerprint density at radius 3 is 1.62 bits per heavy atom. The minimum atomic E-state index is -0.132. The molecule has 0 aliphatic heterocycles. The van der Waals surface area contributed by atoms with Gasteiger partial charge in [0.2, 0.25) is 0 Å². The summed E-state index contributed by atoms with van der Waals surface area (Å²) in [6.45, 7) is 9.40. The first-order valence-electron chi connectivity index (χ1n) is 17.6. The lowest BCUT2D eigenvalue weighted by Crippen LogP contribution is -2.15. The summed E-state index contributed by atoms with van der Waals surface area (Å²) >= 11 is 0. The molecule has 0 atom stereocenters. The van der Waals surface area contributed by atoms with Gasteiger partial charge in [-0.1, -0.05) is 137 Å². The van der Waals surface area contributed by atoms with Crippen molar-refractivity contribution < 1.29 is 0 Å². The van der Waals surface area contributed by atoms with E-state index in [4.69, 9.17) is 9.97 Å². The molecule has 50 heavy (non-hydrogen) atoms. The smallest absolute Gasteiger partial charge is 0.160 e. The van der Waals surface area contributed by atoms with E-state index >= 15 is 0 Å². The van der Waals surface area contributed by atoms with Crippen LogP contribution in [-0.4, -0.2) is 9.97 Å². The van der Waals surface area contributed by atoms with Crippen LogP contribution in [0.4, 0.5) is 0 Å². The quantitative estimate of drug-likeness (QED) is 0.192. The van der Waals surface area contributed by atoms with Gasteiger partial charge in [0.1, 0.15) is 0 Å². The maximum Gasteiger partial charge on any atom is 0.160 e. The molecule has 1 aromatic heterocycles. The molecule has 10 rings (SSSR count). The second-order valence-corrected chi connectivity index (χ2v) is 15.1. The molecule has 2 aliphatic rings. The Bertz CT molecular complexity index is 2700. The fourth-order valence-electron chi connectivity index (χ4n) is 8.73. The molecular formula is C48H36N2. The van der Waals surface area contributed by atoms with Crippen LogP contribution >= 0.6 is 0 Å². The number of hydrogen-bond donors (Lipinski definition) is 0. The predicted molar refractivity (Wildman–Crippen MR) is 208 cm³/mol. The Balaban J connectivity index is 1.20. The summed E-state index contributed by atoms with van der Waals surface area (Å²) in [6.07, 6.45) is 0. The highest BCUT2D eigenvalue weighted by Gasteiger charge is 2.38. The fourth-order valence-corrected chi connectivity index (χ4v) is 8.73. The molecule has 238 valence electrons. The van der Waals surface area contributed by atoms with Crippen LogP contribution in [0.3, 0.4) is 0 Å². The van der Waals surface area contributed by atoms with Crippen molar-refractivity contribution in [2.45, 2.75) is 38.5 Å². The van der Waals surface area contributed by atoms with E-state index in [0.717, 1.165) is 33.9 Å². The van der Waals surface area contributed by atoms with E-state index in [1.807, 2.05) is 6.07 Å². The molecule has 0 saturated heterocycles. The van der Waals surface area contributed by atoms with Crippen molar-refractivity contribution in [2.24, 2.45) is 0 Å². The molecule has 0 radical (unpaired) electrons. The van der Waals surface area contributed by atoms with E-state index in [-0.39, 0.29) is 10.8 Å². The molecule has 0 bridgehead atoms. The zero-order chi connectivity index (χ0) is 33.8. The van der Waals surface area contributed by atoms with Crippen molar-refractivity contribution in [1.82, 2.24) is 9.97 Å². The van der Waals surface area contributed by atoms with Crippen LogP contribution in [0.2, 0.25) is 0 Å². The highest BCUT2D eigenvalue weighted by atomic mass is 14.9. The van der Waals surface area contributed by atoms with Gasteiger partial charge in [0.25, 0.3) is 0 Å². The Morgan fingerprint density at radius 2 is 0.920 bits per heavy atom. The maximum absolute atomic E-state index is 5.31. The lowest BCUT2D eigenvalue weighted by molar-refractivity contribution is 0.661. The SMILES string of the molecule is CC1(C)c2ccc(-c3cc(-c4cccc5c4-c4cc6ccccc6cc4C5(C)C)nc(-c4ccccc4)n3)cc2-c2cc3ccccc3cc21. The van der Waals surface area contributed by atoms with Crippen molar-refractivity contribution in [1.29, 1.82) is 0 Å². The molecule has 2 aliphatic carbocycles. The summed E-state index contributed by atoms with van der Waals surface area (Å²) in [5, 5.41) is 5.09. The third kappa shape index (κ3) is 4.15. The minimum Gasteiger partial charge on any atom is -0.228 e. The zero-order valence-corrected chi connectivity index (χ0v) is 28.8. The molecule has 1 heterocycles. The average molecular weight is 641 g/mol. The topological polar surface area (TPSA) is 25.8 Å². The summed E-state index contributed by atoms with van der Waals surface area (Å²) in [6, 6.07) is 53.2. The van der Waals surface area contributed by atoms with Crippen LogP contribution < -0.4 is 0 Å². The third-order valence-electron chi connectivity index (χ3n) is 11.4. The van der Waals surface area contributed by atoms with Crippen LogP contribution in [0, 0.1) is 0 Å². The summed E-state index contributed by atoms with van der Waals surface area (Å²) < 4.78 is 0. The van der Waals surface area contributed by atoms with Gasteiger partial charge in [0.15, 0.2) is 5.82 Å². The number of hydrogen-bond acceptors (Lipinski definition) is 2. The standard InChI is InChI=1S/C48H36N2/c1-47(2)39-22-21-34(25-36(39)37-23-30-15-8-10-17-32(30)26-41(37)47)43-28-44(50-46(49-43)29-13-6-5-7-14-29)35-19-12-20-40-45(35)38-24-31-16-9-11-18-33(31)27-42(38)48(40,3)4/h5-28H,1-4H3. The van der Waals surface area contributed by atoms with Gasteiger partial charge in [-0.25, -0.2) is 9.97 Å². The van der Waals surface area contributed by atoms with E-state index < -0.39 is 0 Å². The van der Waals surface area contributed by atoms with Gasteiger partial charge in [0.05, 0.1) is 11.4 Å². The van der Waals surface area contributed by atoms with E-state index in [1.54, 1.807) is 0 Å². The van der Waals surface area contributed by atoms with Crippen LogP contribution in [0.1, 0.15) is 49.9 Å². The fraction of sp³-hybridized carbons (Fsp3) is 0.125. The Kier molecular flexibility index (Phi) is 6.01. The molecule has 0 unspecified atom stereocenters. The van der Waals surface area contributed by atoms with E-state index in [0.29, 0.717) is 0 Å². The molecule has 0 saturated carbocycles. The van der Waals surface area contributed by atoms with Crippen LogP contribution in [-0.2, 0) is 10.8 Å². The second kappa shape index (κ2) is 10.3. The van der Waals surface area contributed by atoms with Gasteiger partial charge in [-0.2, -0.15) is 0 Å². The van der Waals surface area contributed by atoms with Gasteiger partial charge < -0.3 is 0 Å². The van der Waals surface area contributed by atoms with Gasteiger partial charge in [-0.05, 0) is 102 Å². The number of nitrogens with zero attached hydrogens (tertiary/aromatic N) is 2. The molecule has 2 nitrogen and oxygen atoms in total. The molecule has 0 amide bonds. The molecule has 0 fully saturated rings. The van der Waals surface area contributed by atoms with Crippen molar-refractivity contribution in [3.05, 3.63) is 168 Å². The van der Waals surface area contributed by atoms with Gasteiger partial charge in [-0.15, -0.1) is 0 Å². The molecule has 0 N–H and O–H groups in total. The van der Waals surface area contributed by atoms with Crippen molar-refractivity contribution >= 4 is 21.5 Å². The van der Waals surface area contributed by atoms with Gasteiger partial charge in [0, 0.05) is 27.5 Å². The molecular weight excluding hydrogens is 605 g/mol. The van der Waals surface area contributed by atoms with Gasteiger partial charge >= 0.3 is 0 Å². The van der Waals surface area contributed by atoms with Crippen molar-refractivity contribution in [2.75, 3.05) is 0 Å². The summed E-state index contributed by atoms with van der Waals surface area (Å²) in [7, 11) is 0. The Labute approximate surface area is 293 Å². The lowest BCUT2D eigenvalue weighted by atomic mass is 9.81. The Morgan fingerprint density at radius 1 is 0.360 bits per heavy atom. The summed E-state index contributed by atoms with van der Waals surface area (Å²) in [5.41, 5.74) is 15.5. The third-order valence-corrected chi connectivity index (χ3v) is 11.4. The average Bonchev–Trinajstić information content (AvgIpc) is 3.51. The van der Waals surface area contributed by atoms with E-state index in [9.17, 15) is 0 Å². The van der Waals surface area contributed by atoms with Crippen LogP contribution in [0.5, 0.6) is 0 Å². The van der Waals surface area contributed by atoms with E-state index in [1.165, 1.54) is 66.1 Å². The first-order valence-corrected chi connectivity index (χ1v) is 17.6. The number of rotatable bonds is 3. The molecule has 7 aromatic carbocycles. The second-order valence-electron chi connectivity index (χ2n) is 15.1. The van der Waals surface area contributed by atoms with Crippen LogP contribution in [0.25, 0.3) is 77.7 Å². The Hall–Kier alpha value is -5.86. The van der Waals surface area contributed by atoms with E-state index in [2.05, 4.69) is 167 Å². The highest BCUT2D eigenvalue weighted by molar-refractivity contribution is 5.99. The predicted octanol–water partition coefficient (Wildman–Crippen LogP) is 12.4. The highest BCUT2D eigenvalue weighted by Crippen LogP contribution is 2.54. The summed E-state index contributed by atoms with van der Waals surface area (Å²) in [5.74, 6) is 0.735. The first kappa shape index (κ1) is 29.1. The normalized spacial score (nSPS) is 14.7. The van der Waals surface area contributed by atoms with Crippen molar-refractivity contribution in [3.63, 3.8) is 0 Å². The first-order chi connectivity index (χ1) is 24.3. The van der Waals surface area contributed by atoms with Gasteiger partial charge in [-0.3, -0.25) is 0 Å². The van der Waals surface area contributed by atoms with Crippen molar-refractivity contribution in [3.8, 4) is 56.2 Å². The largest absolute Gasteiger partial charge is 0.228 e. The molecule has 8 aromatic rings.